The highest BCUT2D eigenvalue weighted by Crippen LogP contribution is 2.34. The van der Waals surface area contributed by atoms with Crippen molar-refractivity contribution in [3.8, 4) is 0 Å². The Balaban J connectivity index is 2.25. The summed E-state index contributed by atoms with van der Waals surface area (Å²) in [6.07, 6.45) is 0.406. The average molecular weight is 322 g/mol. The van der Waals surface area contributed by atoms with Crippen molar-refractivity contribution in [2.75, 3.05) is 0 Å². The van der Waals surface area contributed by atoms with Crippen LogP contribution in [0.3, 0.4) is 0 Å². The monoisotopic (exact) mass is 322 g/mol. The molecule has 0 saturated carbocycles. The molecule has 0 amide bonds. The van der Waals surface area contributed by atoms with Gasteiger partial charge in [-0.25, -0.2) is 0 Å². The lowest BCUT2D eigenvalue weighted by Gasteiger charge is -2.19. The predicted octanol–water partition coefficient (Wildman–Crippen LogP) is 5.84. The number of hydrogen-bond donors (Lipinski definition) is 0. The summed E-state index contributed by atoms with van der Waals surface area (Å²) in [6, 6.07) is 17.2. The molecule has 0 aliphatic carbocycles. The van der Waals surface area contributed by atoms with Crippen molar-refractivity contribution in [2.24, 2.45) is 0 Å². The van der Waals surface area contributed by atoms with Crippen LogP contribution in [0, 0.1) is 0 Å². The maximum Gasteiger partial charge on any atom is 0.0730 e. The largest absolute Gasteiger partial charge is 0.374 e. The standard InChI is InChI=1S/C22H26O2/c1-15(2)23-13-21-19-11-7-5-9-17(19)18-10-6-8-12-20(18)22(21)14-24-16(3)4/h5-12,15-16H,13-14H2,1-4H3. The van der Waals surface area contributed by atoms with Gasteiger partial charge in [0.1, 0.15) is 0 Å². The lowest BCUT2D eigenvalue weighted by molar-refractivity contribution is 0.0550. The minimum absolute atomic E-state index is 0.203. The lowest BCUT2D eigenvalue weighted by atomic mass is 9.92. The fourth-order valence-electron chi connectivity index (χ4n) is 3.12. The zero-order chi connectivity index (χ0) is 17.1. The van der Waals surface area contributed by atoms with E-state index in [1.54, 1.807) is 0 Å². The average Bonchev–Trinajstić information content (AvgIpc) is 2.58. The molecule has 0 bridgehead atoms. The van der Waals surface area contributed by atoms with Crippen molar-refractivity contribution >= 4 is 21.5 Å². The second-order valence-corrected chi connectivity index (χ2v) is 6.77. The quantitative estimate of drug-likeness (QED) is 0.530. The first kappa shape index (κ1) is 16.9. The van der Waals surface area contributed by atoms with Crippen LogP contribution in [0.4, 0.5) is 0 Å². The van der Waals surface area contributed by atoms with Crippen LogP contribution in [0.1, 0.15) is 38.8 Å². The van der Waals surface area contributed by atoms with E-state index >= 15 is 0 Å². The first-order chi connectivity index (χ1) is 11.6. The summed E-state index contributed by atoms with van der Waals surface area (Å²) in [6.45, 7) is 9.53. The Bertz CT molecular complexity index is 763. The first-order valence-electron chi connectivity index (χ1n) is 8.72. The Morgan fingerprint density at radius 1 is 0.583 bits per heavy atom. The molecule has 0 atom stereocenters. The van der Waals surface area contributed by atoms with E-state index in [9.17, 15) is 0 Å². The van der Waals surface area contributed by atoms with Gasteiger partial charge in [0, 0.05) is 0 Å². The molecule has 0 aliphatic rings. The van der Waals surface area contributed by atoms with Crippen molar-refractivity contribution in [1.29, 1.82) is 0 Å². The topological polar surface area (TPSA) is 18.5 Å². The van der Waals surface area contributed by atoms with E-state index in [1.807, 2.05) is 0 Å². The van der Waals surface area contributed by atoms with Gasteiger partial charge in [0.15, 0.2) is 0 Å². The van der Waals surface area contributed by atoms with E-state index in [1.165, 1.54) is 32.7 Å². The summed E-state index contributed by atoms with van der Waals surface area (Å²) < 4.78 is 12.0. The molecule has 2 nitrogen and oxygen atoms in total. The summed E-state index contributed by atoms with van der Waals surface area (Å²) in [4.78, 5) is 0. The number of hydrogen-bond acceptors (Lipinski definition) is 2. The molecule has 0 aromatic heterocycles. The number of rotatable bonds is 6. The zero-order valence-corrected chi connectivity index (χ0v) is 15.0. The molecule has 0 heterocycles. The van der Waals surface area contributed by atoms with Gasteiger partial charge < -0.3 is 9.47 Å². The van der Waals surface area contributed by atoms with Crippen LogP contribution < -0.4 is 0 Å². The van der Waals surface area contributed by atoms with Crippen LogP contribution in [0.5, 0.6) is 0 Å². The maximum atomic E-state index is 5.98. The lowest BCUT2D eigenvalue weighted by Crippen LogP contribution is -2.09. The highest BCUT2D eigenvalue weighted by molar-refractivity contribution is 6.10. The van der Waals surface area contributed by atoms with Gasteiger partial charge in [-0.05, 0) is 60.4 Å². The van der Waals surface area contributed by atoms with Crippen LogP contribution in [-0.4, -0.2) is 12.2 Å². The van der Waals surface area contributed by atoms with E-state index < -0.39 is 0 Å². The summed E-state index contributed by atoms with van der Waals surface area (Å²) >= 11 is 0. The van der Waals surface area contributed by atoms with Gasteiger partial charge in [-0.3, -0.25) is 0 Å². The molecule has 0 fully saturated rings. The van der Waals surface area contributed by atoms with Gasteiger partial charge in [-0.1, -0.05) is 48.5 Å². The highest BCUT2D eigenvalue weighted by atomic mass is 16.5. The molecule has 0 aliphatic heterocycles. The molecule has 3 aromatic carbocycles. The van der Waals surface area contributed by atoms with Crippen molar-refractivity contribution in [3.05, 3.63) is 59.7 Å². The van der Waals surface area contributed by atoms with Crippen LogP contribution in [-0.2, 0) is 22.7 Å². The van der Waals surface area contributed by atoms with Gasteiger partial charge in [0.2, 0.25) is 0 Å². The number of fused-ring (bicyclic) bond motifs is 3. The van der Waals surface area contributed by atoms with E-state index in [2.05, 4.69) is 76.2 Å². The molecular weight excluding hydrogens is 296 g/mol. The van der Waals surface area contributed by atoms with Gasteiger partial charge in [-0.2, -0.15) is 0 Å². The molecule has 0 radical (unpaired) electrons. The minimum Gasteiger partial charge on any atom is -0.374 e. The zero-order valence-electron chi connectivity index (χ0n) is 15.0. The molecule has 24 heavy (non-hydrogen) atoms. The second kappa shape index (κ2) is 7.33. The Kier molecular flexibility index (Phi) is 5.17. The Morgan fingerprint density at radius 2 is 0.917 bits per heavy atom. The Morgan fingerprint density at radius 3 is 1.25 bits per heavy atom. The second-order valence-electron chi connectivity index (χ2n) is 6.77. The van der Waals surface area contributed by atoms with Crippen LogP contribution in [0.25, 0.3) is 21.5 Å². The third-order valence-corrected chi connectivity index (χ3v) is 4.28. The predicted molar refractivity (Wildman–Crippen MR) is 101 cm³/mol. The summed E-state index contributed by atoms with van der Waals surface area (Å²) in [7, 11) is 0. The van der Waals surface area contributed by atoms with Gasteiger partial charge >= 0.3 is 0 Å². The van der Waals surface area contributed by atoms with E-state index in [0.717, 1.165) is 0 Å². The summed E-state index contributed by atoms with van der Waals surface area (Å²) in [5.74, 6) is 0. The molecule has 3 rings (SSSR count). The summed E-state index contributed by atoms with van der Waals surface area (Å²) in [5.41, 5.74) is 2.50. The van der Waals surface area contributed by atoms with Gasteiger partial charge in [0.25, 0.3) is 0 Å². The smallest absolute Gasteiger partial charge is 0.0730 e. The van der Waals surface area contributed by atoms with Gasteiger partial charge in [0.05, 0.1) is 25.4 Å². The third-order valence-electron chi connectivity index (χ3n) is 4.28. The maximum absolute atomic E-state index is 5.98. The SMILES string of the molecule is CC(C)OCc1c(COC(C)C)c2ccccc2c2ccccc12. The molecule has 0 N–H and O–H groups in total. The van der Waals surface area contributed by atoms with Gasteiger partial charge in [-0.15, -0.1) is 0 Å². The molecule has 0 saturated heterocycles. The van der Waals surface area contributed by atoms with Crippen molar-refractivity contribution in [1.82, 2.24) is 0 Å². The first-order valence-corrected chi connectivity index (χ1v) is 8.72. The van der Waals surface area contributed by atoms with Crippen molar-refractivity contribution < 1.29 is 9.47 Å². The third kappa shape index (κ3) is 3.45. The van der Waals surface area contributed by atoms with Crippen molar-refractivity contribution in [3.63, 3.8) is 0 Å². The normalized spacial score (nSPS) is 11.9. The summed E-state index contributed by atoms with van der Waals surface area (Å²) in [5, 5.41) is 5.09. The van der Waals surface area contributed by atoms with Crippen LogP contribution >= 0.6 is 0 Å². The fraction of sp³-hybridized carbons (Fsp3) is 0.364. The Labute approximate surface area is 144 Å². The van der Waals surface area contributed by atoms with E-state index in [-0.39, 0.29) is 12.2 Å². The molecular formula is C22H26O2. The Hall–Kier alpha value is -1.90. The number of benzene rings is 3. The minimum atomic E-state index is 0.203. The van der Waals surface area contributed by atoms with Crippen molar-refractivity contribution in [2.45, 2.75) is 53.1 Å². The van der Waals surface area contributed by atoms with E-state index in [0.29, 0.717) is 13.2 Å². The molecule has 126 valence electrons. The van der Waals surface area contributed by atoms with E-state index in [4.69, 9.17) is 9.47 Å². The molecule has 2 heteroatoms. The molecule has 0 unspecified atom stereocenters. The number of ether oxygens (including phenoxy) is 2. The molecule has 0 spiro atoms. The molecule has 3 aromatic rings. The highest BCUT2D eigenvalue weighted by Gasteiger charge is 2.15. The van der Waals surface area contributed by atoms with Crippen LogP contribution in [0.15, 0.2) is 48.5 Å². The fourth-order valence-corrected chi connectivity index (χ4v) is 3.12. The van der Waals surface area contributed by atoms with Crippen LogP contribution in [0.2, 0.25) is 0 Å².